The molecule has 0 saturated carbocycles. The first-order chi connectivity index (χ1) is 10.1. The maximum Gasteiger partial charge on any atom is 0.254 e. The molecular formula is C18H17NO2. The summed E-state index contributed by atoms with van der Waals surface area (Å²) in [5.41, 5.74) is 2.77. The van der Waals surface area contributed by atoms with Crippen molar-refractivity contribution in [3.63, 3.8) is 0 Å². The van der Waals surface area contributed by atoms with Crippen LogP contribution in [0.1, 0.15) is 33.9 Å². The molecule has 1 aliphatic heterocycles. The highest BCUT2D eigenvalue weighted by Crippen LogP contribution is 2.31. The van der Waals surface area contributed by atoms with Crippen molar-refractivity contribution in [3.8, 4) is 0 Å². The Morgan fingerprint density at radius 1 is 1.05 bits per heavy atom. The molecule has 3 nitrogen and oxygen atoms in total. The zero-order chi connectivity index (χ0) is 14.8. The van der Waals surface area contributed by atoms with E-state index >= 15 is 0 Å². The van der Waals surface area contributed by atoms with Crippen LogP contribution in [-0.4, -0.2) is 23.1 Å². The van der Waals surface area contributed by atoms with Gasteiger partial charge in [-0.15, -0.1) is 0 Å². The maximum atomic E-state index is 12.7. The topological polar surface area (TPSA) is 37.4 Å². The Kier molecular flexibility index (Phi) is 3.57. The molecule has 1 fully saturated rings. The van der Waals surface area contributed by atoms with Crippen molar-refractivity contribution in [2.75, 3.05) is 6.54 Å². The third-order valence-electron chi connectivity index (χ3n) is 3.89. The summed E-state index contributed by atoms with van der Waals surface area (Å²) in [7, 11) is 0. The van der Waals surface area contributed by atoms with E-state index in [-0.39, 0.29) is 24.3 Å². The van der Waals surface area contributed by atoms with Crippen molar-refractivity contribution in [3.05, 3.63) is 71.3 Å². The van der Waals surface area contributed by atoms with Crippen molar-refractivity contribution >= 4 is 11.7 Å². The minimum Gasteiger partial charge on any atom is -0.324 e. The molecule has 3 rings (SSSR count). The van der Waals surface area contributed by atoms with Gasteiger partial charge in [0.05, 0.1) is 12.6 Å². The van der Waals surface area contributed by atoms with E-state index < -0.39 is 0 Å². The highest BCUT2D eigenvalue weighted by atomic mass is 16.2. The average Bonchev–Trinajstić information content (AvgIpc) is 2.90. The number of ketones is 1. The van der Waals surface area contributed by atoms with Crippen LogP contribution in [0.3, 0.4) is 0 Å². The lowest BCUT2D eigenvalue weighted by Gasteiger charge is -2.24. The summed E-state index contributed by atoms with van der Waals surface area (Å²) >= 11 is 0. The van der Waals surface area contributed by atoms with Crippen LogP contribution in [-0.2, 0) is 4.79 Å². The maximum absolute atomic E-state index is 12.7. The molecule has 1 amide bonds. The quantitative estimate of drug-likeness (QED) is 0.847. The fourth-order valence-corrected chi connectivity index (χ4v) is 2.74. The fraction of sp³-hybridized carbons (Fsp3) is 0.222. The first-order valence-electron chi connectivity index (χ1n) is 7.09. The number of Topliss-reactive ketones (excluding diaryl/α,β-unsaturated/α-hetero) is 1. The number of aryl methyl sites for hydroxylation is 1. The number of likely N-dealkylation sites (tertiary alicyclic amines) is 1. The SMILES string of the molecule is Cc1ccc(C(=O)N2CC(=O)C[C@@H]2c2ccccc2)cc1. The first-order valence-corrected chi connectivity index (χ1v) is 7.09. The number of hydrogen-bond donors (Lipinski definition) is 0. The summed E-state index contributed by atoms with van der Waals surface area (Å²) in [5.74, 6) is 0.0408. The monoisotopic (exact) mass is 279 g/mol. The molecule has 1 atom stereocenters. The molecule has 1 heterocycles. The molecule has 1 saturated heterocycles. The van der Waals surface area contributed by atoms with Gasteiger partial charge in [0.25, 0.3) is 5.91 Å². The second kappa shape index (κ2) is 5.52. The Balaban J connectivity index is 1.90. The predicted octanol–water partition coefficient (Wildman–Crippen LogP) is 3.15. The smallest absolute Gasteiger partial charge is 0.254 e. The van der Waals surface area contributed by atoms with Gasteiger partial charge in [0.1, 0.15) is 0 Å². The van der Waals surface area contributed by atoms with Gasteiger partial charge in [-0.05, 0) is 24.6 Å². The predicted molar refractivity (Wildman–Crippen MR) is 81.0 cm³/mol. The highest BCUT2D eigenvalue weighted by Gasteiger charge is 2.35. The molecular weight excluding hydrogens is 262 g/mol. The standard InChI is InChI=1S/C18H17NO2/c1-13-7-9-15(10-8-13)18(21)19-12-16(20)11-17(19)14-5-3-2-4-6-14/h2-10,17H,11-12H2,1H3/t17-/m1/s1. The average molecular weight is 279 g/mol. The zero-order valence-electron chi connectivity index (χ0n) is 12.0. The number of amides is 1. The van der Waals surface area contributed by atoms with Crippen molar-refractivity contribution in [2.45, 2.75) is 19.4 Å². The molecule has 21 heavy (non-hydrogen) atoms. The van der Waals surface area contributed by atoms with Gasteiger partial charge in [0.2, 0.25) is 0 Å². The summed E-state index contributed by atoms with van der Waals surface area (Å²) in [5, 5.41) is 0. The van der Waals surface area contributed by atoms with Gasteiger partial charge in [-0.1, -0.05) is 48.0 Å². The lowest BCUT2D eigenvalue weighted by molar-refractivity contribution is -0.116. The van der Waals surface area contributed by atoms with E-state index in [4.69, 9.17) is 0 Å². The summed E-state index contributed by atoms with van der Waals surface area (Å²) in [4.78, 5) is 26.2. The minimum absolute atomic E-state index is 0.0743. The van der Waals surface area contributed by atoms with Gasteiger partial charge >= 0.3 is 0 Å². The third-order valence-corrected chi connectivity index (χ3v) is 3.89. The molecule has 0 aromatic heterocycles. The largest absolute Gasteiger partial charge is 0.324 e. The summed E-state index contributed by atoms with van der Waals surface area (Å²) in [6.45, 7) is 2.19. The molecule has 0 bridgehead atoms. The van der Waals surface area contributed by atoms with Crippen molar-refractivity contribution in [1.82, 2.24) is 4.90 Å². The Hall–Kier alpha value is -2.42. The second-order valence-electron chi connectivity index (χ2n) is 5.47. The third kappa shape index (κ3) is 2.72. The van der Waals surface area contributed by atoms with Crippen LogP contribution in [0.5, 0.6) is 0 Å². The van der Waals surface area contributed by atoms with Gasteiger partial charge in [-0.25, -0.2) is 0 Å². The Morgan fingerprint density at radius 3 is 2.38 bits per heavy atom. The Morgan fingerprint density at radius 2 is 1.71 bits per heavy atom. The van der Waals surface area contributed by atoms with E-state index in [1.807, 2.05) is 61.5 Å². The number of nitrogens with zero attached hydrogens (tertiary/aromatic N) is 1. The van der Waals surface area contributed by atoms with Crippen LogP contribution >= 0.6 is 0 Å². The Labute approximate surface area is 124 Å². The summed E-state index contributed by atoms with van der Waals surface area (Å²) in [6.07, 6.45) is 0.404. The number of carbonyl (C=O) groups excluding carboxylic acids is 2. The van der Waals surface area contributed by atoms with E-state index in [2.05, 4.69) is 0 Å². The van der Waals surface area contributed by atoms with Crippen molar-refractivity contribution < 1.29 is 9.59 Å². The molecule has 2 aromatic rings. The van der Waals surface area contributed by atoms with Gasteiger partial charge in [-0.3, -0.25) is 9.59 Å². The number of benzene rings is 2. The molecule has 0 spiro atoms. The first kappa shape index (κ1) is 13.6. The van der Waals surface area contributed by atoms with Gasteiger partial charge < -0.3 is 4.90 Å². The molecule has 0 radical (unpaired) electrons. The van der Waals surface area contributed by atoms with Crippen LogP contribution in [0.25, 0.3) is 0 Å². The number of carbonyl (C=O) groups is 2. The lowest BCUT2D eigenvalue weighted by atomic mass is 10.0. The molecule has 0 aliphatic carbocycles. The minimum atomic E-state index is -0.146. The van der Waals surface area contributed by atoms with E-state index in [1.54, 1.807) is 4.90 Å². The molecule has 1 aliphatic rings. The van der Waals surface area contributed by atoms with Crippen LogP contribution in [0.2, 0.25) is 0 Å². The van der Waals surface area contributed by atoms with Gasteiger partial charge in [-0.2, -0.15) is 0 Å². The van der Waals surface area contributed by atoms with E-state index in [9.17, 15) is 9.59 Å². The summed E-state index contributed by atoms with van der Waals surface area (Å²) in [6, 6.07) is 17.1. The number of hydrogen-bond acceptors (Lipinski definition) is 2. The lowest BCUT2D eigenvalue weighted by Crippen LogP contribution is -2.31. The Bertz CT molecular complexity index is 661. The van der Waals surface area contributed by atoms with E-state index in [0.29, 0.717) is 12.0 Å². The van der Waals surface area contributed by atoms with E-state index in [0.717, 1.165) is 11.1 Å². The van der Waals surface area contributed by atoms with Crippen LogP contribution in [0.4, 0.5) is 0 Å². The zero-order valence-corrected chi connectivity index (χ0v) is 12.0. The van der Waals surface area contributed by atoms with Gasteiger partial charge in [0.15, 0.2) is 5.78 Å². The second-order valence-corrected chi connectivity index (χ2v) is 5.47. The highest BCUT2D eigenvalue weighted by molar-refractivity contribution is 5.99. The molecule has 2 aromatic carbocycles. The van der Waals surface area contributed by atoms with Crippen LogP contribution in [0.15, 0.2) is 54.6 Å². The van der Waals surface area contributed by atoms with Crippen LogP contribution in [0, 0.1) is 6.92 Å². The number of rotatable bonds is 2. The normalized spacial score (nSPS) is 18.0. The van der Waals surface area contributed by atoms with Crippen LogP contribution < -0.4 is 0 Å². The van der Waals surface area contributed by atoms with Crippen molar-refractivity contribution in [2.24, 2.45) is 0 Å². The van der Waals surface area contributed by atoms with E-state index in [1.165, 1.54) is 0 Å². The molecule has 0 unspecified atom stereocenters. The fourth-order valence-electron chi connectivity index (χ4n) is 2.74. The summed E-state index contributed by atoms with van der Waals surface area (Å²) < 4.78 is 0. The van der Waals surface area contributed by atoms with Crippen molar-refractivity contribution in [1.29, 1.82) is 0 Å². The molecule has 106 valence electrons. The molecule has 3 heteroatoms. The molecule has 0 N–H and O–H groups in total. The van der Waals surface area contributed by atoms with Gasteiger partial charge in [0, 0.05) is 12.0 Å².